The van der Waals surface area contributed by atoms with Crippen molar-refractivity contribution in [3.63, 3.8) is 0 Å². The lowest BCUT2D eigenvalue weighted by molar-refractivity contribution is 0.172. The van der Waals surface area contributed by atoms with Gasteiger partial charge in [0.1, 0.15) is 0 Å². The van der Waals surface area contributed by atoms with Crippen molar-refractivity contribution in [1.29, 1.82) is 0 Å². The van der Waals surface area contributed by atoms with Crippen molar-refractivity contribution in [3.8, 4) is 0 Å². The predicted octanol–water partition coefficient (Wildman–Crippen LogP) is 4.62. The molecule has 0 radical (unpaired) electrons. The van der Waals surface area contributed by atoms with Gasteiger partial charge in [-0.1, -0.05) is 59.3 Å². The number of rotatable bonds is 8. The quantitative estimate of drug-likeness (QED) is 0.610. The van der Waals surface area contributed by atoms with E-state index < -0.39 is 0 Å². The van der Waals surface area contributed by atoms with Crippen molar-refractivity contribution >= 4 is 0 Å². The molecule has 0 aromatic heterocycles. The Bertz CT molecular complexity index is 176. The maximum atomic E-state index is 3.56. The maximum absolute atomic E-state index is 3.56. The molecule has 3 unspecified atom stereocenters. The molecule has 1 N–H and O–H groups in total. The fourth-order valence-corrected chi connectivity index (χ4v) is 3.35. The van der Waals surface area contributed by atoms with Crippen LogP contribution in [0.25, 0.3) is 0 Å². The van der Waals surface area contributed by atoms with E-state index in [1.165, 1.54) is 57.9 Å². The standard InChI is InChI=1S/C16H33N/c1-4-6-7-8-9-15-12-14(3)10-11-16(15)13-17-5-2/h14-17H,4-13H2,1-3H3. The molecule has 0 spiro atoms. The average Bonchev–Trinajstić information content (AvgIpc) is 2.33. The van der Waals surface area contributed by atoms with Crippen LogP contribution < -0.4 is 5.32 Å². The molecule has 1 saturated carbocycles. The molecule has 1 rings (SSSR count). The van der Waals surface area contributed by atoms with Gasteiger partial charge < -0.3 is 5.32 Å². The van der Waals surface area contributed by atoms with E-state index in [1.807, 2.05) is 0 Å². The van der Waals surface area contributed by atoms with Gasteiger partial charge >= 0.3 is 0 Å². The zero-order valence-corrected chi connectivity index (χ0v) is 12.3. The lowest BCUT2D eigenvalue weighted by atomic mass is 9.72. The van der Waals surface area contributed by atoms with E-state index in [0.717, 1.165) is 24.3 Å². The van der Waals surface area contributed by atoms with Crippen LogP contribution in [0, 0.1) is 17.8 Å². The second-order valence-corrected chi connectivity index (χ2v) is 6.10. The molecule has 0 heterocycles. The first-order valence-corrected chi connectivity index (χ1v) is 7.98. The molecule has 0 aliphatic heterocycles. The van der Waals surface area contributed by atoms with Crippen molar-refractivity contribution < 1.29 is 0 Å². The Morgan fingerprint density at radius 2 is 1.82 bits per heavy atom. The minimum Gasteiger partial charge on any atom is -0.317 e. The molecule has 17 heavy (non-hydrogen) atoms. The van der Waals surface area contributed by atoms with E-state index in [-0.39, 0.29) is 0 Å². The normalized spacial score (nSPS) is 29.5. The summed E-state index contributed by atoms with van der Waals surface area (Å²) in [4.78, 5) is 0. The van der Waals surface area contributed by atoms with Crippen LogP contribution in [0.5, 0.6) is 0 Å². The second-order valence-electron chi connectivity index (χ2n) is 6.10. The summed E-state index contributed by atoms with van der Waals surface area (Å²) in [5.74, 6) is 2.95. The van der Waals surface area contributed by atoms with Crippen molar-refractivity contribution in [2.75, 3.05) is 13.1 Å². The third-order valence-electron chi connectivity index (χ3n) is 4.49. The summed E-state index contributed by atoms with van der Waals surface area (Å²) in [6.45, 7) is 9.37. The third-order valence-corrected chi connectivity index (χ3v) is 4.49. The van der Waals surface area contributed by atoms with Crippen molar-refractivity contribution in [1.82, 2.24) is 5.32 Å². The number of unbranched alkanes of at least 4 members (excludes halogenated alkanes) is 3. The summed E-state index contributed by atoms with van der Waals surface area (Å²) in [6.07, 6.45) is 11.6. The van der Waals surface area contributed by atoms with Crippen LogP contribution in [0.2, 0.25) is 0 Å². The fourth-order valence-electron chi connectivity index (χ4n) is 3.35. The minimum absolute atomic E-state index is 0.966. The molecular formula is C16H33N. The third kappa shape index (κ3) is 5.90. The zero-order valence-electron chi connectivity index (χ0n) is 12.3. The van der Waals surface area contributed by atoms with E-state index in [0.29, 0.717) is 0 Å². The van der Waals surface area contributed by atoms with Crippen LogP contribution in [0.15, 0.2) is 0 Å². The maximum Gasteiger partial charge on any atom is -0.00180 e. The Hall–Kier alpha value is -0.0400. The zero-order chi connectivity index (χ0) is 12.5. The van der Waals surface area contributed by atoms with Crippen LogP contribution in [0.4, 0.5) is 0 Å². The molecule has 3 atom stereocenters. The van der Waals surface area contributed by atoms with Crippen LogP contribution in [0.1, 0.15) is 72.1 Å². The fraction of sp³-hybridized carbons (Fsp3) is 1.00. The topological polar surface area (TPSA) is 12.0 Å². The van der Waals surface area contributed by atoms with Gasteiger partial charge in [-0.2, -0.15) is 0 Å². The second kappa shape index (κ2) is 8.97. The van der Waals surface area contributed by atoms with E-state index in [4.69, 9.17) is 0 Å². The summed E-state index contributed by atoms with van der Waals surface area (Å²) < 4.78 is 0. The highest BCUT2D eigenvalue weighted by Gasteiger charge is 2.27. The van der Waals surface area contributed by atoms with Gasteiger partial charge in [0, 0.05) is 0 Å². The number of hydrogen-bond acceptors (Lipinski definition) is 1. The Morgan fingerprint density at radius 3 is 2.53 bits per heavy atom. The molecule has 0 aromatic rings. The highest BCUT2D eigenvalue weighted by atomic mass is 14.8. The minimum atomic E-state index is 0.966. The van der Waals surface area contributed by atoms with E-state index in [2.05, 4.69) is 26.1 Å². The largest absolute Gasteiger partial charge is 0.317 e. The van der Waals surface area contributed by atoms with Crippen LogP contribution in [0.3, 0.4) is 0 Å². The summed E-state index contributed by atoms with van der Waals surface area (Å²) >= 11 is 0. The van der Waals surface area contributed by atoms with Crippen molar-refractivity contribution in [3.05, 3.63) is 0 Å². The SMILES string of the molecule is CCCCCCC1CC(C)CCC1CNCC. The molecule has 1 heteroatoms. The Balaban J connectivity index is 2.27. The van der Waals surface area contributed by atoms with Crippen LogP contribution >= 0.6 is 0 Å². The van der Waals surface area contributed by atoms with E-state index in [1.54, 1.807) is 0 Å². The van der Waals surface area contributed by atoms with Gasteiger partial charge in [-0.3, -0.25) is 0 Å². The first-order valence-electron chi connectivity index (χ1n) is 7.98. The molecule has 1 fully saturated rings. The van der Waals surface area contributed by atoms with Crippen LogP contribution in [-0.4, -0.2) is 13.1 Å². The molecule has 1 nitrogen and oxygen atoms in total. The monoisotopic (exact) mass is 239 g/mol. The van der Waals surface area contributed by atoms with Gasteiger partial charge in [0.15, 0.2) is 0 Å². The number of nitrogens with one attached hydrogen (secondary N) is 1. The lowest BCUT2D eigenvalue weighted by Crippen LogP contribution is -2.32. The molecule has 0 aromatic carbocycles. The molecule has 1 aliphatic carbocycles. The molecule has 1 aliphatic rings. The molecule has 102 valence electrons. The average molecular weight is 239 g/mol. The van der Waals surface area contributed by atoms with Gasteiger partial charge in [-0.05, 0) is 43.7 Å². The first kappa shape index (κ1) is 15.0. The van der Waals surface area contributed by atoms with E-state index in [9.17, 15) is 0 Å². The molecule has 0 saturated heterocycles. The van der Waals surface area contributed by atoms with E-state index >= 15 is 0 Å². The molecular weight excluding hydrogens is 206 g/mol. The summed E-state index contributed by atoms with van der Waals surface area (Å²) in [6, 6.07) is 0. The van der Waals surface area contributed by atoms with Crippen LogP contribution in [-0.2, 0) is 0 Å². The summed E-state index contributed by atoms with van der Waals surface area (Å²) in [5.41, 5.74) is 0. The Morgan fingerprint density at radius 1 is 1.00 bits per heavy atom. The van der Waals surface area contributed by atoms with Gasteiger partial charge in [0.2, 0.25) is 0 Å². The van der Waals surface area contributed by atoms with Gasteiger partial charge in [0.05, 0.1) is 0 Å². The first-order chi connectivity index (χ1) is 8.27. The Labute approximate surface area is 109 Å². The molecule has 0 amide bonds. The highest BCUT2D eigenvalue weighted by molar-refractivity contribution is 4.80. The summed E-state index contributed by atoms with van der Waals surface area (Å²) in [5, 5.41) is 3.56. The lowest BCUT2D eigenvalue weighted by Gasteiger charge is -2.35. The van der Waals surface area contributed by atoms with Gasteiger partial charge in [-0.15, -0.1) is 0 Å². The predicted molar refractivity (Wildman–Crippen MR) is 77.3 cm³/mol. The summed E-state index contributed by atoms with van der Waals surface area (Å²) in [7, 11) is 0. The Kier molecular flexibility index (Phi) is 7.92. The molecule has 0 bridgehead atoms. The highest BCUT2D eigenvalue weighted by Crippen LogP contribution is 2.36. The van der Waals surface area contributed by atoms with Crippen molar-refractivity contribution in [2.45, 2.75) is 72.1 Å². The van der Waals surface area contributed by atoms with Gasteiger partial charge in [0.25, 0.3) is 0 Å². The smallest absolute Gasteiger partial charge is 0.00180 e. The number of hydrogen-bond donors (Lipinski definition) is 1. The van der Waals surface area contributed by atoms with Gasteiger partial charge in [-0.25, -0.2) is 0 Å². The van der Waals surface area contributed by atoms with Crippen molar-refractivity contribution in [2.24, 2.45) is 17.8 Å².